The van der Waals surface area contributed by atoms with Crippen LogP contribution in [0.4, 0.5) is 0 Å². The maximum Gasteiger partial charge on any atom is 0.0926 e. The minimum atomic E-state index is -0.574. The van der Waals surface area contributed by atoms with E-state index < -0.39 is 5.60 Å². The van der Waals surface area contributed by atoms with Crippen molar-refractivity contribution in [2.24, 2.45) is 0 Å². The second-order valence-electron chi connectivity index (χ2n) is 5.77. The average Bonchev–Trinajstić information content (AvgIpc) is 2.43. The van der Waals surface area contributed by atoms with Gasteiger partial charge in [0, 0.05) is 19.1 Å². The van der Waals surface area contributed by atoms with Crippen LogP contribution in [0.25, 0.3) is 0 Å². The first-order valence-corrected chi connectivity index (χ1v) is 7.62. The molecule has 0 aromatic rings. The van der Waals surface area contributed by atoms with Gasteiger partial charge in [-0.05, 0) is 38.8 Å². The van der Waals surface area contributed by atoms with Crippen LogP contribution < -0.4 is 5.32 Å². The fourth-order valence-electron chi connectivity index (χ4n) is 3.44. The Bertz CT molecular complexity index is 263. The largest absolute Gasteiger partial charge is 0.394 e. The first-order valence-electron chi connectivity index (χ1n) is 7.62. The molecule has 0 amide bonds. The Morgan fingerprint density at radius 1 is 1.21 bits per heavy atom. The third kappa shape index (κ3) is 4.13. The quantitative estimate of drug-likeness (QED) is 0.568. The highest BCUT2D eigenvalue weighted by molar-refractivity contribution is 4.99. The van der Waals surface area contributed by atoms with E-state index in [9.17, 15) is 5.11 Å². The molecule has 0 unspecified atom stereocenters. The molecule has 2 rings (SSSR count). The zero-order valence-electron chi connectivity index (χ0n) is 11.8. The van der Waals surface area contributed by atoms with E-state index in [2.05, 4.69) is 10.2 Å². The van der Waals surface area contributed by atoms with Crippen LogP contribution in [-0.2, 0) is 4.74 Å². The number of nitrogens with zero attached hydrogens (tertiary/aromatic N) is 1. The maximum absolute atomic E-state index is 10.9. The highest BCUT2D eigenvalue weighted by Crippen LogP contribution is 2.33. The van der Waals surface area contributed by atoms with Gasteiger partial charge in [-0.3, -0.25) is 4.90 Å². The smallest absolute Gasteiger partial charge is 0.0926 e. The van der Waals surface area contributed by atoms with Crippen LogP contribution in [-0.4, -0.2) is 72.8 Å². The van der Waals surface area contributed by atoms with Gasteiger partial charge in [-0.15, -0.1) is 0 Å². The summed E-state index contributed by atoms with van der Waals surface area (Å²) in [5.41, 5.74) is -0.574. The van der Waals surface area contributed by atoms with Crippen molar-refractivity contribution in [1.29, 1.82) is 0 Å². The zero-order valence-corrected chi connectivity index (χ0v) is 11.8. The van der Waals surface area contributed by atoms with Gasteiger partial charge in [0.1, 0.15) is 0 Å². The van der Waals surface area contributed by atoms with Gasteiger partial charge in [-0.1, -0.05) is 6.42 Å². The third-order valence-corrected chi connectivity index (χ3v) is 4.38. The monoisotopic (exact) mass is 272 g/mol. The Morgan fingerprint density at radius 2 is 2.05 bits per heavy atom. The number of nitrogens with one attached hydrogen (secondary N) is 1. The van der Waals surface area contributed by atoms with Gasteiger partial charge in [0.2, 0.25) is 0 Å². The number of ether oxygens (including phenoxy) is 1. The molecule has 0 aromatic carbocycles. The number of rotatable bonds is 7. The second kappa shape index (κ2) is 7.55. The maximum atomic E-state index is 10.9. The van der Waals surface area contributed by atoms with Gasteiger partial charge in [0.25, 0.3) is 0 Å². The highest BCUT2D eigenvalue weighted by Gasteiger charge is 2.43. The number of piperidine rings is 2. The molecule has 2 fully saturated rings. The molecule has 2 saturated heterocycles. The van der Waals surface area contributed by atoms with E-state index in [1.54, 1.807) is 0 Å². The van der Waals surface area contributed by atoms with Crippen LogP contribution in [0.1, 0.15) is 32.1 Å². The van der Waals surface area contributed by atoms with E-state index in [1.807, 2.05) is 0 Å². The lowest BCUT2D eigenvalue weighted by atomic mass is 9.79. The van der Waals surface area contributed by atoms with Crippen LogP contribution in [0, 0.1) is 0 Å². The van der Waals surface area contributed by atoms with Crippen molar-refractivity contribution in [3.63, 3.8) is 0 Å². The molecule has 5 heteroatoms. The Morgan fingerprint density at radius 3 is 2.89 bits per heavy atom. The molecule has 5 nitrogen and oxygen atoms in total. The summed E-state index contributed by atoms with van der Waals surface area (Å²) in [6, 6.07) is 0.334. The number of aliphatic hydroxyl groups is 2. The number of hydrogen-bond acceptors (Lipinski definition) is 5. The molecule has 0 aromatic heterocycles. The van der Waals surface area contributed by atoms with Gasteiger partial charge in [-0.25, -0.2) is 0 Å². The van der Waals surface area contributed by atoms with Crippen molar-refractivity contribution in [3.8, 4) is 0 Å². The molecule has 0 bridgehead atoms. The van der Waals surface area contributed by atoms with E-state index >= 15 is 0 Å². The number of hydrogen-bond donors (Lipinski definition) is 3. The standard InChI is InChI=1S/C14H28N2O3/c17-9-11-19-10-6-15-12-14(18)5-3-8-16-7-2-1-4-13(14)16/h13,15,17-18H,1-12H2/t13-,14-/m1/s1. The van der Waals surface area contributed by atoms with Gasteiger partial charge in [0.05, 0.1) is 25.4 Å². The fraction of sp³-hybridized carbons (Fsp3) is 1.00. The first kappa shape index (κ1) is 15.2. The molecule has 0 spiro atoms. The summed E-state index contributed by atoms with van der Waals surface area (Å²) in [5, 5.41) is 22.8. The first-order chi connectivity index (χ1) is 9.26. The fourth-order valence-corrected chi connectivity index (χ4v) is 3.44. The predicted molar refractivity (Wildman–Crippen MR) is 74.2 cm³/mol. The summed E-state index contributed by atoms with van der Waals surface area (Å²) in [6.45, 7) is 4.72. The average molecular weight is 272 g/mol. The molecule has 0 aliphatic carbocycles. The normalized spacial score (nSPS) is 32.2. The minimum absolute atomic E-state index is 0.0704. The number of aliphatic hydroxyl groups excluding tert-OH is 1. The highest BCUT2D eigenvalue weighted by atomic mass is 16.5. The molecule has 19 heavy (non-hydrogen) atoms. The van der Waals surface area contributed by atoms with Gasteiger partial charge >= 0.3 is 0 Å². The predicted octanol–water partition coefficient (Wildman–Crippen LogP) is -0.0357. The lowest BCUT2D eigenvalue weighted by Crippen LogP contribution is -2.62. The molecule has 0 saturated carbocycles. The van der Waals surface area contributed by atoms with Gasteiger partial charge in [-0.2, -0.15) is 0 Å². The van der Waals surface area contributed by atoms with Crippen LogP contribution in [0.3, 0.4) is 0 Å². The Kier molecular flexibility index (Phi) is 6.04. The van der Waals surface area contributed by atoms with Crippen molar-refractivity contribution in [2.45, 2.75) is 43.7 Å². The van der Waals surface area contributed by atoms with E-state index in [0.717, 1.165) is 38.9 Å². The molecular formula is C14H28N2O3. The van der Waals surface area contributed by atoms with E-state index in [-0.39, 0.29) is 6.61 Å². The number of fused-ring (bicyclic) bond motifs is 1. The summed E-state index contributed by atoms with van der Waals surface area (Å²) in [5.74, 6) is 0. The van der Waals surface area contributed by atoms with Crippen LogP contribution in [0.5, 0.6) is 0 Å². The van der Waals surface area contributed by atoms with Crippen LogP contribution >= 0.6 is 0 Å². The van der Waals surface area contributed by atoms with E-state index in [0.29, 0.717) is 25.8 Å². The Balaban J connectivity index is 1.73. The van der Waals surface area contributed by atoms with Crippen molar-refractivity contribution in [1.82, 2.24) is 10.2 Å². The van der Waals surface area contributed by atoms with Crippen LogP contribution in [0.2, 0.25) is 0 Å². The Labute approximate surface area is 115 Å². The molecule has 2 aliphatic heterocycles. The summed E-state index contributed by atoms with van der Waals surface area (Å²) >= 11 is 0. The molecule has 112 valence electrons. The zero-order chi connectivity index (χ0) is 13.6. The lowest BCUT2D eigenvalue weighted by molar-refractivity contribution is -0.0922. The van der Waals surface area contributed by atoms with Crippen molar-refractivity contribution < 1.29 is 14.9 Å². The summed E-state index contributed by atoms with van der Waals surface area (Å²) < 4.78 is 5.21. The molecular weight excluding hydrogens is 244 g/mol. The van der Waals surface area contributed by atoms with Crippen molar-refractivity contribution in [3.05, 3.63) is 0 Å². The summed E-state index contributed by atoms with van der Waals surface area (Å²) in [7, 11) is 0. The lowest BCUT2D eigenvalue weighted by Gasteiger charge is -2.49. The molecule has 2 aliphatic rings. The SMILES string of the molecule is OCCOCCNC[C@]1(O)CCCN2CCCC[C@@H]21. The van der Waals surface area contributed by atoms with Gasteiger partial charge < -0.3 is 20.3 Å². The van der Waals surface area contributed by atoms with Crippen molar-refractivity contribution >= 4 is 0 Å². The molecule has 0 radical (unpaired) electrons. The third-order valence-electron chi connectivity index (χ3n) is 4.38. The Hall–Kier alpha value is -0.200. The van der Waals surface area contributed by atoms with Crippen molar-refractivity contribution in [2.75, 3.05) is 46.0 Å². The second-order valence-corrected chi connectivity index (χ2v) is 5.77. The minimum Gasteiger partial charge on any atom is -0.394 e. The molecule has 3 N–H and O–H groups in total. The van der Waals surface area contributed by atoms with Gasteiger partial charge in [0.15, 0.2) is 0 Å². The van der Waals surface area contributed by atoms with Crippen LogP contribution in [0.15, 0.2) is 0 Å². The van der Waals surface area contributed by atoms with E-state index in [4.69, 9.17) is 9.84 Å². The molecule has 2 atom stereocenters. The summed E-state index contributed by atoms with van der Waals surface area (Å²) in [4.78, 5) is 2.47. The topological polar surface area (TPSA) is 65.0 Å². The van der Waals surface area contributed by atoms with E-state index in [1.165, 1.54) is 12.8 Å². The summed E-state index contributed by atoms with van der Waals surface area (Å²) in [6.07, 6.45) is 5.63. The molecule has 2 heterocycles.